The zero-order valence-corrected chi connectivity index (χ0v) is 15.8. The monoisotopic (exact) mass is 403 g/mol. The van der Waals surface area contributed by atoms with Gasteiger partial charge >= 0.3 is 18.2 Å². The maximum absolute atomic E-state index is 12.6. The summed E-state index contributed by atoms with van der Waals surface area (Å²) in [5.41, 5.74) is -0.724. The van der Waals surface area contributed by atoms with E-state index in [0.29, 0.717) is 0 Å². The number of nitrogens with one attached hydrogen (secondary N) is 2. The zero-order chi connectivity index (χ0) is 21.5. The van der Waals surface area contributed by atoms with E-state index >= 15 is 0 Å². The molecule has 0 unspecified atom stereocenters. The smallest absolute Gasteiger partial charge is 0.416 e. The van der Waals surface area contributed by atoms with E-state index in [9.17, 15) is 27.6 Å². The summed E-state index contributed by atoms with van der Waals surface area (Å²) in [6.07, 6.45) is -4.21. The van der Waals surface area contributed by atoms with E-state index in [2.05, 4.69) is 10.6 Å². The number of likely N-dealkylation sites (N-methyl/N-ethyl adjacent to an activating group) is 1. The van der Waals surface area contributed by atoms with Gasteiger partial charge in [0.05, 0.1) is 5.56 Å². The van der Waals surface area contributed by atoms with Gasteiger partial charge in [-0.25, -0.2) is 4.79 Å². The average molecular weight is 403 g/mol. The fraction of sp³-hybridized carbons (Fsp3) is 0.500. The van der Waals surface area contributed by atoms with Gasteiger partial charge in [0.15, 0.2) is 0 Å². The third-order valence-corrected chi connectivity index (χ3v) is 3.80. The molecule has 1 aromatic carbocycles. The highest BCUT2D eigenvalue weighted by Gasteiger charge is 2.30. The number of carboxylic acids is 1. The number of hydrogen-bond donors (Lipinski definition) is 3. The fourth-order valence-electron chi connectivity index (χ4n) is 2.49. The first-order valence-corrected chi connectivity index (χ1v) is 8.69. The molecular formula is C18H24F3N3O4. The Morgan fingerprint density at radius 3 is 2.14 bits per heavy atom. The van der Waals surface area contributed by atoms with Crippen molar-refractivity contribution in [2.75, 3.05) is 18.4 Å². The van der Waals surface area contributed by atoms with Gasteiger partial charge in [-0.05, 0) is 43.5 Å². The molecule has 0 aliphatic heterocycles. The van der Waals surface area contributed by atoms with E-state index < -0.39 is 42.2 Å². The maximum atomic E-state index is 12.6. The number of carboxylic acid groups (broad SMARTS) is 1. The molecule has 0 aromatic heterocycles. The number of rotatable bonds is 8. The Hall–Kier alpha value is -2.78. The summed E-state index contributed by atoms with van der Waals surface area (Å²) >= 11 is 0. The van der Waals surface area contributed by atoms with Gasteiger partial charge in [0, 0.05) is 12.2 Å². The van der Waals surface area contributed by atoms with Gasteiger partial charge in [-0.3, -0.25) is 9.59 Å². The van der Waals surface area contributed by atoms with Crippen LogP contribution in [0.1, 0.15) is 32.8 Å². The molecule has 0 aliphatic rings. The van der Waals surface area contributed by atoms with Crippen molar-refractivity contribution >= 4 is 23.6 Å². The lowest BCUT2D eigenvalue weighted by molar-refractivity contribution is -0.145. The number of nitrogens with zero attached hydrogens (tertiary/aromatic N) is 1. The van der Waals surface area contributed by atoms with Crippen LogP contribution in [0.3, 0.4) is 0 Å². The molecule has 0 spiro atoms. The highest BCUT2D eigenvalue weighted by atomic mass is 19.4. The number of benzene rings is 1. The van der Waals surface area contributed by atoms with Crippen LogP contribution in [-0.4, -0.2) is 47.0 Å². The molecule has 156 valence electrons. The molecule has 3 N–H and O–H groups in total. The first kappa shape index (κ1) is 23.3. The zero-order valence-electron chi connectivity index (χ0n) is 15.8. The van der Waals surface area contributed by atoms with Crippen LogP contribution in [0.4, 0.5) is 23.7 Å². The minimum absolute atomic E-state index is 0.0313. The van der Waals surface area contributed by atoms with E-state index in [1.807, 2.05) is 13.8 Å². The Kier molecular flexibility index (Phi) is 8.27. The van der Waals surface area contributed by atoms with Gasteiger partial charge in [-0.2, -0.15) is 13.2 Å². The summed E-state index contributed by atoms with van der Waals surface area (Å²) in [5.74, 6) is -1.68. The number of carbonyl (C=O) groups is 3. The SMILES string of the molecule is CCN(CC(=O)O)C(=O)[C@H](CC(C)C)NC(=O)Nc1ccc(C(F)(F)F)cc1. The van der Waals surface area contributed by atoms with E-state index in [1.165, 1.54) is 0 Å². The van der Waals surface area contributed by atoms with Gasteiger partial charge in [-0.15, -0.1) is 0 Å². The molecule has 3 amide bonds. The molecule has 1 atom stereocenters. The van der Waals surface area contributed by atoms with Crippen molar-refractivity contribution in [1.29, 1.82) is 0 Å². The third-order valence-electron chi connectivity index (χ3n) is 3.80. The topological polar surface area (TPSA) is 98.7 Å². The van der Waals surface area contributed by atoms with Crippen LogP contribution in [0.25, 0.3) is 0 Å². The van der Waals surface area contributed by atoms with Gasteiger partial charge in [0.25, 0.3) is 0 Å². The molecule has 0 heterocycles. The number of hydrogen-bond acceptors (Lipinski definition) is 3. The standard InChI is InChI=1S/C18H24F3N3O4/c1-4-24(10-15(25)26)16(27)14(9-11(2)3)23-17(28)22-13-7-5-12(6-8-13)18(19,20)21/h5-8,11,14H,4,9-10H2,1-3H3,(H,25,26)(H2,22,23,28)/t14-/m0/s1. The summed E-state index contributed by atoms with van der Waals surface area (Å²) < 4.78 is 37.7. The molecule has 1 rings (SSSR count). The summed E-state index contributed by atoms with van der Waals surface area (Å²) in [4.78, 5) is 36.8. The van der Waals surface area contributed by atoms with Crippen molar-refractivity contribution in [2.24, 2.45) is 5.92 Å². The molecule has 1 aromatic rings. The van der Waals surface area contributed by atoms with Gasteiger partial charge in [0.1, 0.15) is 12.6 Å². The van der Waals surface area contributed by atoms with Crippen molar-refractivity contribution in [3.63, 3.8) is 0 Å². The van der Waals surface area contributed by atoms with Crippen molar-refractivity contribution in [2.45, 2.75) is 39.4 Å². The number of halogens is 3. The first-order valence-electron chi connectivity index (χ1n) is 8.69. The van der Waals surface area contributed by atoms with Crippen LogP contribution in [0.2, 0.25) is 0 Å². The summed E-state index contributed by atoms with van der Waals surface area (Å²) in [5, 5.41) is 13.8. The predicted octanol–water partition coefficient (Wildman–Crippen LogP) is 3.17. The van der Waals surface area contributed by atoms with Crippen LogP contribution >= 0.6 is 0 Å². The second-order valence-electron chi connectivity index (χ2n) is 6.60. The number of urea groups is 1. The number of aliphatic carboxylic acids is 1. The second-order valence-corrected chi connectivity index (χ2v) is 6.60. The fourth-order valence-corrected chi connectivity index (χ4v) is 2.49. The molecule has 0 saturated heterocycles. The largest absolute Gasteiger partial charge is 0.480 e. The molecular weight excluding hydrogens is 379 g/mol. The van der Waals surface area contributed by atoms with Crippen LogP contribution in [0.5, 0.6) is 0 Å². The van der Waals surface area contributed by atoms with Crippen molar-refractivity contribution < 1.29 is 32.7 Å². The van der Waals surface area contributed by atoms with Gasteiger partial charge < -0.3 is 20.6 Å². The Bertz CT molecular complexity index is 690. The van der Waals surface area contributed by atoms with Crippen molar-refractivity contribution in [3.05, 3.63) is 29.8 Å². The molecule has 0 bridgehead atoms. The Morgan fingerprint density at radius 1 is 1.14 bits per heavy atom. The van der Waals surface area contributed by atoms with Crippen molar-refractivity contribution in [3.8, 4) is 0 Å². The Morgan fingerprint density at radius 2 is 1.71 bits per heavy atom. The summed E-state index contributed by atoms with van der Waals surface area (Å²) in [7, 11) is 0. The Balaban J connectivity index is 2.84. The number of anilines is 1. The van der Waals surface area contributed by atoms with Crippen molar-refractivity contribution in [1.82, 2.24) is 10.2 Å². The quantitative estimate of drug-likeness (QED) is 0.621. The normalized spacial score (nSPS) is 12.4. The van der Waals surface area contributed by atoms with Crippen LogP contribution in [-0.2, 0) is 15.8 Å². The number of alkyl halides is 3. The lowest BCUT2D eigenvalue weighted by atomic mass is 10.0. The highest BCUT2D eigenvalue weighted by Crippen LogP contribution is 2.29. The van der Waals surface area contributed by atoms with E-state index in [0.717, 1.165) is 29.2 Å². The summed E-state index contributed by atoms with van der Waals surface area (Å²) in [6, 6.07) is 2.13. The lowest BCUT2D eigenvalue weighted by Gasteiger charge is -2.26. The first-order chi connectivity index (χ1) is 12.9. The minimum Gasteiger partial charge on any atom is -0.480 e. The Labute approximate surface area is 160 Å². The molecule has 10 heteroatoms. The van der Waals surface area contributed by atoms with Crippen LogP contribution < -0.4 is 10.6 Å². The number of amides is 3. The van der Waals surface area contributed by atoms with Crippen LogP contribution in [0, 0.1) is 5.92 Å². The lowest BCUT2D eigenvalue weighted by Crippen LogP contribution is -2.51. The van der Waals surface area contributed by atoms with Gasteiger partial charge in [-0.1, -0.05) is 13.8 Å². The van der Waals surface area contributed by atoms with E-state index in [-0.39, 0.29) is 24.6 Å². The summed E-state index contributed by atoms with van der Waals surface area (Å²) in [6.45, 7) is 4.95. The second kappa shape index (κ2) is 9.95. The number of carbonyl (C=O) groups excluding carboxylic acids is 2. The van der Waals surface area contributed by atoms with Crippen LogP contribution in [0.15, 0.2) is 24.3 Å². The molecule has 28 heavy (non-hydrogen) atoms. The highest BCUT2D eigenvalue weighted by molar-refractivity contribution is 5.94. The minimum atomic E-state index is -4.48. The van der Waals surface area contributed by atoms with E-state index in [1.54, 1.807) is 6.92 Å². The van der Waals surface area contributed by atoms with E-state index in [4.69, 9.17) is 5.11 Å². The molecule has 0 fully saturated rings. The molecule has 0 radical (unpaired) electrons. The molecule has 0 saturated carbocycles. The van der Waals surface area contributed by atoms with Gasteiger partial charge in [0.2, 0.25) is 5.91 Å². The maximum Gasteiger partial charge on any atom is 0.416 e. The molecule has 7 nitrogen and oxygen atoms in total. The molecule has 0 aliphatic carbocycles. The average Bonchev–Trinajstić information content (AvgIpc) is 2.57. The third kappa shape index (κ3) is 7.45. The predicted molar refractivity (Wildman–Crippen MR) is 96.7 cm³/mol.